The molecule has 0 saturated carbocycles. The van der Waals surface area contributed by atoms with Crippen LogP contribution in [0.2, 0.25) is 0 Å². The predicted octanol–water partition coefficient (Wildman–Crippen LogP) is 5.25. The highest BCUT2D eigenvalue weighted by Crippen LogP contribution is 2.19. The number of hydrogen-bond donors (Lipinski definition) is 2. The summed E-state index contributed by atoms with van der Waals surface area (Å²) in [5, 5.41) is 5.64. The van der Waals surface area contributed by atoms with Crippen molar-refractivity contribution in [3.63, 3.8) is 0 Å². The lowest BCUT2D eigenvalue weighted by Crippen LogP contribution is -2.54. The van der Waals surface area contributed by atoms with Crippen LogP contribution in [0.5, 0.6) is 0 Å². The number of benzene rings is 1. The number of nitrogens with one attached hydrogen (secondary N) is 2. The zero-order valence-corrected chi connectivity index (χ0v) is 54.8. The normalized spacial score (nSPS) is 16.4. The van der Waals surface area contributed by atoms with Gasteiger partial charge in [-0.3, -0.25) is 43.6 Å². The standard InChI is InChI=1S/C62H110N6O17/c1-58(2,3)81-52(69)44-65-25-26-66(45-53(70)82-59(4,5)6)29-30-68(47-55(72)84-61(10,11)12)50(43-67(28-27-65)46-54(71)83-60(7,8)9)42-49-22-20-48(21-23-49)18-17-19-51(64-57(74)85-62(13,14)15)56(73)63-24-31-76-34-35-78-38-39-80-41-40-79-37-36-77-33-32-75-16/h20-23,50-51H,17-19,24-47H2,1-16H3,(H,63,73)(H,64,74)/t50?,51-/m0/s1. The van der Waals surface area contributed by atoms with Crippen LogP contribution in [0.4, 0.5) is 4.79 Å². The Kier molecular flexibility index (Phi) is 35.4. The largest absolute Gasteiger partial charge is 0.459 e. The third-order valence-corrected chi connectivity index (χ3v) is 12.1. The molecular weight excluding hydrogens is 1100 g/mol. The number of carbonyl (C=O) groups excluding carboxylic acids is 6. The molecule has 1 saturated heterocycles. The van der Waals surface area contributed by atoms with E-state index in [-0.39, 0.29) is 51.3 Å². The maximum Gasteiger partial charge on any atom is 0.408 e. The van der Waals surface area contributed by atoms with Crippen LogP contribution in [0.1, 0.15) is 128 Å². The molecule has 1 aliphatic heterocycles. The molecule has 490 valence electrons. The number of esters is 4. The maximum atomic E-state index is 13.8. The van der Waals surface area contributed by atoms with Crippen LogP contribution in [-0.2, 0) is 88.9 Å². The average Bonchev–Trinajstić information content (AvgIpc) is 3.41. The van der Waals surface area contributed by atoms with Gasteiger partial charge >= 0.3 is 30.0 Å². The lowest BCUT2D eigenvalue weighted by Gasteiger charge is -2.39. The molecule has 0 bridgehead atoms. The van der Waals surface area contributed by atoms with Gasteiger partial charge in [-0.05, 0) is 141 Å². The number of hydrogen-bond acceptors (Lipinski definition) is 21. The fourth-order valence-electron chi connectivity index (χ4n) is 8.65. The highest BCUT2D eigenvalue weighted by Gasteiger charge is 2.32. The number of amides is 2. The van der Waals surface area contributed by atoms with Crippen LogP contribution in [0, 0.1) is 0 Å². The van der Waals surface area contributed by atoms with Crippen molar-refractivity contribution in [3.8, 4) is 0 Å². The predicted molar refractivity (Wildman–Crippen MR) is 323 cm³/mol. The number of methoxy groups -OCH3 is 1. The second-order valence-corrected chi connectivity index (χ2v) is 26.2. The first-order valence-corrected chi connectivity index (χ1v) is 30.2. The van der Waals surface area contributed by atoms with Crippen LogP contribution in [0.3, 0.4) is 0 Å². The molecule has 1 unspecified atom stereocenters. The van der Waals surface area contributed by atoms with Gasteiger partial charge in [-0.25, -0.2) is 4.79 Å². The smallest absolute Gasteiger partial charge is 0.408 e. The molecule has 0 aliphatic carbocycles. The van der Waals surface area contributed by atoms with E-state index in [0.717, 1.165) is 11.1 Å². The maximum absolute atomic E-state index is 13.8. The molecule has 1 heterocycles. The van der Waals surface area contributed by atoms with Gasteiger partial charge in [0.05, 0.1) is 98.9 Å². The van der Waals surface area contributed by atoms with Crippen molar-refractivity contribution in [3.05, 3.63) is 35.4 Å². The molecule has 1 fully saturated rings. The van der Waals surface area contributed by atoms with E-state index in [1.54, 1.807) is 27.9 Å². The summed E-state index contributed by atoms with van der Waals surface area (Å²) in [6.07, 6.45) is 1.24. The van der Waals surface area contributed by atoms with Crippen molar-refractivity contribution in [1.82, 2.24) is 30.2 Å². The van der Waals surface area contributed by atoms with Gasteiger partial charge in [-0.1, -0.05) is 24.3 Å². The highest BCUT2D eigenvalue weighted by molar-refractivity contribution is 5.85. The van der Waals surface area contributed by atoms with Crippen molar-refractivity contribution in [2.75, 3.05) is 158 Å². The average molecular weight is 1210 g/mol. The second kappa shape index (κ2) is 39.4. The van der Waals surface area contributed by atoms with E-state index in [2.05, 4.69) is 15.5 Å². The van der Waals surface area contributed by atoms with Crippen molar-refractivity contribution in [2.24, 2.45) is 0 Å². The van der Waals surface area contributed by atoms with E-state index in [1.807, 2.05) is 122 Å². The molecule has 85 heavy (non-hydrogen) atoms. The summed E-state index contributed by atoms with van der Waals surface area (Å²) in [5.74, 6) is -1.99. The van der Waals surface area contributed by atoms with Crippen molar-refractivity contribution >= 4 is 35.9 Å². The van der Waals surface area contributed by atoms with Crippen molar-refractivity contribution < 1.29 is 80.9 Å². The molecule has 1 aromatic rings. The van der Waals surface area contributed by atoms with E-state index in [0.29, 0.717) is 138 Å². The van der Waals surface area contributed by atoms with E-state index in [9.17, 15) is 28.8 Å². The summed E-state index contributed by atoms with van der Waals surface area (Å²) in [5.41, 5.74) is -1.71. The minimum absolute atomic E-state index is 0.0103. The molecule has 23 heteroatoms. The van der Waals surface area contributed by atoms with Crippen LogP contribution in [0.15, 0.2) is 24.3 Å². The summed E-state index contributed by atoms with van der Waals surface area (Å²) >= 11 is 0. The topological polar surface area (TPSA) is 241 Å². The van der Waals surface area contributed by atoms with Crippen molar-refractivity contribution in [1.29, 1.82) is 0 Å². The third-order valence-electron chi connectivity index (χ3n) is 12.1. The van der Waals surface area contributed by atoms with Gasteiger partial charge in [-0.15, -0.1) is 0 Å². The fraction of sp³-hybridized carbons (Fsp3) is 0.806. The Balaban J connectivity index is 2.30. The van der Waals surface area contributed by atoms with Crippen LogP contribution >= 0.6 is 0 Å². The number of aryl methyl sites for hydroxylation is 1. The van der Waals surface area contributed by atoms with Gasteiger partial charge in [0, 0.05) is 65.5 Å². The number of carbonyl (C=O) groups is 6. The lowest BCUT2D eigenvalue weighted by atomic mass is 9.99. The van der Waals surface area contributed by atoms with Gasteiger partial charge in [0.1, 0.15) is 34.0 Å². The Labute approximate surface area is 508 Å². The van der Waals surface area contributed by atoms with E-state index in [4.69, 9.17) is 52.1 Å². The molecule has 0 spiro atoms. The molecule has 23 nitrogen and oxygen atoms in total. The van der Waals surface area contributed by atoms with Gasteiger partial charge < -0.3 is 62.7 Å². The summed E-state index contributed by atoms with van der Waals surface area (Å²) < 4.78 is 61.3. The quantitative estimate of drug-likeness (QED) is 0.0509. The number of nitrogens with zero attached hydrogens (tertiary/aromatic N) is 4. The van der Waals surface area contributed by atoms with Crippen molar-refractivity contribution in [2.45, 2.75) is 170 Å². The minimum Gasteiger partial charge on any atom is -0.459 e. The summed E-state index contributed by atoms with van der Waals surface area (Å²) in [7, 11) is 1.63. The van der Waals surface area contributed by atoms with E-state index in [1.165, 1.54) is 0 Å². The first-order chi connectivity index (χ1) is 39.7. The first kappa shape index (κ1) is 76.5. The number of rotatable bonds is 34. The Hall–Kier alpha value is -4.56. The fourth-order valence-corrected chi connectivity index (χ4v) is 8.65. The molecule has 0 aromatic heterocycles. The Morgan fingerprint density at radius 1 is 0.471 bits per heavy atom. The molecule has 1 aromatic carbocycles. The Bertz CT molecular complexity index is 2080. The SMILES string of the molecule is COCCOCCOCCOCCOCCOCCNC(=O)[C@H](CCCc1ccc(CC2CN(CC(=O)OC(C)(C)C)CCN(CC(=O)OC(C)(C)C)CCN(CC(=O)OC(C)(C)C)CCN2CC(=O)OC(C)(C)C)cc1)NC(=O)OC(C)(C)C. The highest BCUT2D eigenvalue weighted by atomic mass is 16.6. The van der Waals surface area contributed by atoms with Gasteiger partial charge in [0.25, 0.3) is 0 Å². The molecular formula is C62H110N6O17. The minimum atomic E-state index is -0.873. The van der Waals surface area contributed by atoms with E-state index < -0.39 is 64.0 Å². The van der Waals surface area contributed by atoms with E-state index >= 15 is 0 Å². The Morgan fingerprint density at radius 2 is 0.835 bits per heavy atom. The molecule has 2 N–H and O–H groups in total. The lowest BCUT2D eigenvalue weighted by molar-refractivity contribution is -0.160. The van der Waals surface area contributed by atoms with Gasteiger partial charge in [-0.2, -0.15) is 0 Å². The first-order valence-electron chi connectivity index (χ1n) is 30.2. The molecule has 2 atom stereocenters. The van der Waals surface area contributed by atoms with Crippen LogP contribution in [0.25, 0.3) is 0 Å². The molecule has 0 radical (unpaired) electrons. The summed E-state index contributed by atoms with van der Waals surface area (Å²) in [6, 6.07) is 6.89. The number of alkyl carbamates (subject to hydrolysis) is 1. The zero-order chi connectivity index (χ0) is 63.7. The van der Waals surface area contributed by atoms with Gasteiger partial charge in [0.15, 0.2) is 0 Å². The summed E-state index contributed by atoms with van der Waals surface area (Å²) in [6.45, 7) is 34.4. The molecule has 1 aliphatic rings. The van der Waals surface area contributed by atoms with Crippen LogP contribution < -0.4 is 10.6 Å². The summed E-state index contributed by atoms with van der Waals surface area (Å²) in [4.78, 5) is 88.8. The number of ether oxygens (including phenoxy) is 11. The third kappa shape index (κ3) is 41.3. The second-order valence-electron chi connectivity index (χ2n) is 26.2. The monoisotopic (exact) mass is 1210 g/mol. The van der Waals surface area contributed by atoms with Crippen LogP contribution in [-0.4, -0.2) is 254 Å². The zero-order valence-electron chi connectivity index (χ0n) is 54.8. The van der Waals surface area contributed by atoms with Gasteiger partial charge in [0.2, 0.25) is 5.91 Å². The Morgan fingerprint density at radius 3 is 1.26 bits per heavy atom. The molecule has 2 amide bonds. The molecule has 2 rings (SSSR count).